The summed E-state index contributed by atoms with van der Waals surface area (Å²) < 4.78 is 0. The molecule has 1 aromatic carbocycles. The van der Waals surface area contributed by atoms with E-state index < -0.39 is 0 Å². The zero-order chi connectivity index (χ0) is 10.7. The summed E-state index contributed by atoms with van der Waals surface area (Å²) in [5, 5.41) is 0. The highest BCUT2D eigenvalue weighted by atomic mass is 14.9. The largest absolute Gasteiger partial charge is 0.236 e. The average molecular weight is 198 g/mol. The lowest BCUT2D eigenvalue weighted by Crippen LogP contribution is -1.97. The molecule has 0 saturated heterocycles. The second kappa shape index (κ2) is 4.22. The lowest BCUT2D eigenvalue weighted by Gasteiger charge is -2.04. The van der Waals surface area contributed by atoms with Gasteiger partial charge >= 0.3 is 0 Å². The summed E-state index contributed by atoms with van der Waals surface area (Å²) in [7, 11) is 0. The van der Waals surface area contributed by atoms with Crippen LogP contribution in [0.4, 0.5) is 0 Å². The Morgan fingerprint density at radius 3 is 2.53 bits per heavy atom. The molecule has 1 heterocycles. The van der Waals surface area contributed by atoms with Crippen molar-refractivity contribution in [1.82, 2.24) is 9.97 Å². The summed E-state index contributed by atoms with van der Waals surface area (Å²) in [5.74, 6) is 0.818. The van der Waals surface area contributed by atoms with Crippen molar-refractivity contribution in [2.45, 2.75) is 20.3 Å². The van der Waals surface area contributed by atoms with Gasteiger partial charge in [0.2, 0.25) is 0 Å². The number of aromatic nitrogens is 2. The molecule has 0 aliphatic rings. The minimum atomic E-state index is 0.818. The van der Waals surface area contributed by atoms with Gasteiger partial charge in [-0.25, -0.2) is 9.97 Å². The first kappa shape index (κ1) is 9.84. The number of hydrogen-bond donors (Lipinski definition) is 0. The van der Waals surface area contributed by atoms with Gasteiger partial charge in [0, 0.05) is 17.5 Å². The Balaban J connectivity index is 2.46. The lowest BCUT2D eigenvalue weighted by molar-refractivity contribution is 0.976. The normalized spacial score (nSPS) is 10.3. The van der Waals surface area contributed by atoms with Crippen molar-refractivity contribution in [3.8, 4) is 11.4 Å². The van der Waals surface area contributed by atoms with Crippen LogP contribution in [0, 0.1) is 6.92 Å². The fraction of sp³-hybridized carbons (Fsp3) is 0.231. The molecule has 0 radical (unpaired) electrons. The molecule has 2 nitrogen and oxygen atoms in total. The molecule has 2 rings (SSSR count). The molecule has 0 fully saturated rings. The monoisotopic (exact) mass is 198 g/mol. The quantitative estimate of drug-likeness (QED) is 0.741. The molecule has 0 aliphatic carbocycles. The van der Waals surface area contributed by atoms with E-state index in [0.717, 1.165) is 29.1 Å². The van der Waals surface area contributed by atoms with Crippen LogP contribution >= 0.6 is 0 Å². The minimum Gasteiger partial charge on any atom is -0.236 e. The number of benzene rings is 1. The van der Waals surface area contributed by atoms with Gasteiger partial charge in [-0.05, 0) is 18.9 Å². The van der Waals surface area contributed by atoms with Crippen molar-refractivity contribution in [1.29, 1.82) is 0 Å². The van der Waals surface area contributed by atoms with E-state index in [1.807, 2.05) is 43.5 Å². The molecule has 76 valence electrons. The Hall–Kier alpha value is -1.70. The third-order valence-corrected chi connectivity index (χ3v) is 2.44. The van der Waals surface area contributed by atoms with Crippen molar-refractivity contribution in [2.24, 2.45) is 0 Å². The van der Waals surface area contributed by atoms with Crippen molar-refractivity contribution in [2.75, 3.05) is 0 Å². The molecule has 0 spiro atoms. The summed E-state index contributed by atoms with van der Waals surface area (Å²) in [6.45, 7) is 4.16. The first-order chi connectivity index (χ1) is 7.31. The van der Waals surface area contributed by atoms with E-state index in [1.165, 1.54) is 0 Å². The molecule has 2 heteroatoms. The zero-order valence-electron chi connectivity index (χ0n) is 9.07. The van der Waals surface area contributed by atoms with Crippen LogP contribution in [0.5, 0.6) is 0 Å². The van der Waals surface area contributed by atoms with Crippen LogP contribution in [0.3, 0.4) is 0 Å². The van der Waals surface area contributed by atoms with Crippen LogP contribution in [-0.2, 0) is 6.42 Å². The summed E-state index contributed by atoms with van der Waals surface area (Å²) >= 11 is 0. The van der Waals surface area contributed by atoms with Crippen LogP contribution in [-0.4, -0.2) is 9.97 Å². The standard InChI is InChI=1S/C13H14N2/c1-3-12-10(2)9-14-13(15-12)11-7-5-4-6-8-11/h4-9H,3H2,1-2H3. The Kier molecular flexibility index (Phi) is 2.77. The molecule has 2 aromatic rings. The van der Waals surface area contributed by atoms with Gasteiger partial charge < -0.3 is 0 Å². The molecule has 1 aromatic heterocycles. The fourth-order valence-corrected chi connectivity index (χ4v) is 1.56. The van der Waals surface area contributed by atoms with Gasteiger partial charge in [-0.15, -0.1) is 0 Å². The van der Waals surface area contributed by atoms with E-state index >= 15 is 0 Å². The molecule has 0 N–H and O–H groups in total. The van der Waals surface area contributed by atoms with Crippen LogP contribution in [0.1, 0.15) is 18.2 Å². The average Bonchev–Trinajstić information content (AvgIpc) is 2.31. The SMILES string of the molecule is CCc1nc(-c2ccccc2)ncc1C. The predicted molar refractivity (Wildman–Crippen MR) is 61.6 cm³/mol. The van der Waals surface area contributed by atoms with Crippen LogP contribution in [0.2, 0.25) is 0 Å². The Morgan fingerprint density at radius 1 is 1.13 bits per heavy atom. The number of hydrogen-bond acceptors (Lipinski definition) is 2. The topological polar surface area (TPSA) is 25.8 Å². The molecule has 0 atom stereocenters. The molecule has 0 saturated carbocycles. The van der Waals surface area contributed by atoms with E-state index in [2.05, 4.69) is 16.9 Å². The van der Waals surface area contributed by atoms with E-state index in [-0.39, 0.29) is 0 Å². The van der Waals surface area contributed by atoms with E-state index in [1.54, 1.807) is 0 Å². The third-order valence-electron chi connectivity index (χ3n) is 2.44. The van der Waals surface area contributed by atoms with Crippen LogP contribution < -0.4 is 0 Å². The number of nitrogens with zero attached hydrogens (tertiary/aromatic N) is 2. The maximum absolute atomic E-state index is 4.55. The third kappa shape index (κ3) is 2.04. The maximum atomic E-state index is 4.55. The molecule has 0 amide bonds. The smallest absolute Gasteiger partial charge is 0.159 e. The van der Waals surface area contributed by atoms with Gasteiger partial charge in [0.25, 0.3) is 0 Å². The van der Waals surface area contributed by atoms with E-state index in [0.29, 0.717) is 0 Å². The molecule has 15 heavy (non-hydrogen) atoms. The summed E-state index contributed by atoms with van der Waals surface area (Å²) in [5.41, 5.74) is 3.37. The Labute approximate surface area is 90.0 Å². The number of rotatable bonds is 2. The number of aryl methyl sites for hydroxylation is 2. The highest BCUT2D eigenvalue weighted by Crippen LogP contribution is 2.15. The second-order valence-electron chi connectivity index (χ2n) is 3.54. The van der Waals surface area contributed by atoms with Crippen LogP contribution in [0.25, 0.3) is 11.4 Å². The zero-order valence-corrected chi connectivity index (χ0v) is 9.07. The summed E-state index contributed by atoms with van der Waals surface area (Å²) in [6, 6.07) is 10.1. The first-order valence-electron chi connectivity index (χ1n) is 5.19. The molecule has 0 bridgehead atoms. The highest BCUT2D eigenvalue weighted by molar-refractivity contribution is 5.54. The highest BCUT2D eigenvalue weighted by Gasteiger charge is 2.03. The molecule has 0 unspecified atom stereocenters. The Bertz CT molecular complexity index is 449. The van der Waals surface area contributed by atoms with Gasteiger partial charge in [0.15, 0.2) is 5.82 Å². The Morgan fingerprint density at radius 2 is 1.87 bits per heavy atom. The maximum Gasteiger partial charge on any atom is 0.159 e. The van der Waals surface area contributed by atoms with E-state index in [9.17, 15) is 0 Å². The van der Waals surface area contributed by atoms with Crippen LogP contribution in [0.15, 0.2) is 36.5 Å². The van der Waals surface area contributed by atoms with Gasteiger partial charge in [0.1, 0.15) is 0 Å². The van der Waals surface area contributed by atoms with Crippen molar-refractivity contribution >= 4 is 0 Å². The summed E-state index contributed by atoms with van der Waals surface area (Å²) in [4.78, 5) is 8.90. The van der Waals surface area contributed by atoms with Gasteiger partial charge in [-0.3, -0.25) is 0 Å². The second-order valence-corrected chi connectivity index (χ2v) is 3.54. The molecule has 0 aliphatic heterocycles. The van der Waals surface area contributed by atoms with Gasteiger partial charge in [-0.2, -0.15) is 0 Å². The first-order valence-corrected chi connectivity index (χ1v) is 5.19. The summed E-state index contributed by atoms with van der Waals surface area (Å²) in [6.07, 6.45) is 2.85. The fourth-order valence-electron chi connectivity index (χ4n) is 1.56. The van der Waals surface area contributed by atoms with Gasteiger partial charge in [-0.1, -0.05) is 37.3 Å². The van der Waals surface area contributed by atoms with Crippen molar-refractivity contribution in [3.63, 3.8) is 0 Å². The van der Waals surface area contributed by atoms with Crippen molar-refractivity contribution in [3.05, 3.63) is 47.8 Å². The molecular weight excluding hydrogens is 184 g/mol. The van der Waals surface area contributed by atoms with E-state index in [4.69, 9.17) is 0 Å². The van der Waals surface area contributed by atoms with Gasteiger partial charge in [0.05, 0.1) is 0 Å². The lowest BCUT2D eigenvalue weighted by atomic mass is 10.1. The molecular formula is C13H14N2. The predicted octanol–water partition coefficient (Wildman–Crippen LogP) is 3.01. The minimum absolute atomic E-state index is 0.818. The van der Waals surface area contributed by atoms with Crippen molar-refractivity contribution < 1.29 is 0 Å².